The minimum Gasteiger partial charge on any atom is -0.327 e. The molecule has 0 fully saturated rings. The van der Waals surface area contributed by atoms with E-state index in [0.29, 0.717) is 5.92 Å². The smallest absolute Gasteiger partial charge is 0.0138 e. The van der Waals surface area contributed by atoms with Crippen molar-refractivity contribution < 1.29 is 0 Å². The molecule has 12 heavy (non-hydrogen) atoms. The van der Waals surface area contributed by atoms with Gasteiger partial charge in [0, 0.05) is 11.6 Å². The van der Waals surface area contributed by atoms with E-state index in [9.17, 15) is 0 Å². The summed E-state index contributed by atoms with van der Waals surface area (Å²) < 4.78 is 0. The molecule has 0 aromatic rings. The predicted molar refractivity (Wildman–Crippen MR) is 54.9 cm³/mol. The lowest BCUT2D eigenvalue weighted by Gasteiger charge is -2.29. The first-order valence-corrected chi connectivity index (χ1v) is 4.97. The second-order valence-electron chi connectivity index (χ2n) is 4.26. The van der Waals surface area contributed by atoms with E-state index in [-0.39, 0.29) is 11.6 Å². The van der Waals surface area contributed by atoms with Gasteiger partial charge < -0.3 is 11.5 Å². The lowest BCUT2D eigenvalue weighted by molar-refractivity contribution is 0.319. The van der Waals surface area contributed by atoms with Crippen LogP contribution in [0.5, 0.6) is 0 Å². The van der Waals surface area contributed by atoms with Gasteiger partial charge >= 0.3 is 0 Å². The minimum absolute atomic E-state index is 0.0805. The summed E-state index contributed by atoms with van der Waals surface area (Å²) in [6.45, 7) is 8.55. The molecular formula is C10H24N2. The average molecular weight is 172 g/mol. The van der Waals surface area contributed by atoms with Crippen molar-refractivity contribution in [2.24, 2.45) is 17.4 Å². The number of rotatable bonds is 5. The quantitative estimate of drug-likeness (QED) is 0.665. The topological polar surface area (TPSA) is 52.0 Å². The van der Waals surface area contributed by atoms with E-state index in [2.05, 4.69) is 27.7 Å². The van der Waals surface area contributed by atoms with Crippen LogP contribution in [0.4, 0.5) is 0 Å². The molecule has 0 aliphatic carbocycles. The molecule has 3 atom stereocenters. The van der Waals surface area contributed by atoms with Crippen LogP contribution < -0.4 is 11.5 Å². The maximum absolute atomic E-state index is 6.03. The second kappa shape index (κ2) is 4.83. The van der Waals surface area contributed by atoms with Crippen molar-refractivity contribution >= 4 is 0 Å². The first kappa shape index (κ1) is 11.9. The van der Waals surface area contributed by atoms with E-state index in [1.54, 1.807) is 0 Å². The van der Waals surface area contributed by atoms with Gasteiger partial charge in [0.2, 0.25) is 0 Å². The Morgan fingerprint density at radius 3 is 2.17 bits per heavy atom. The van der Waals surface area contributed by atoms with Gasteiger partial charge in [-0.3, -0.25) is 0 Å². The van der Waals surface area contributed by atoms with Crippen molar-refractivity contribution in [1.82, 2.24) is 0 Å². The van der Waals surface area contributed by atoms with Crippen molar-refractivity contribution in [2.45, 2.75) is 58.5 Å². The van der Waals surface area contributed by atoms with Gasteiger partial charge in [-0.15, -0.1) is 0 Å². The molecule has 0 bridgehead atoms. The molecule has 3 unspecified atom stereocenters. The van der Waals surface area contributed by atoms with Crippen LogP contribution in [0.2, 0.25) is 0 Å². The Bertz CT molecular complexity index is 121. The van der Waals surface area contributed by atoms with Gasteiger partial charge in [-0.2, -0.15) is 0 Å². The molecule has 0 saturated heterocycles. The van der Waals surface area contributed by atoms with Crippen molar-refractivity contribution in [3.63, 3.8) is 0 Å². The van der Waals surface area contributed by atoms with E-state index in [0.717, 1.165) is 19.3 Å². The van der Waals surface area contributed by atoms with Crippen LogP contribution in [-0.2, 0) is 0 Å². The molecular weight excluding hydrogens is 148 g/mol. The minimum atomic E-state index is -0.0805. The molecule has 0 spiro atoms. The molecule has 2 nitrogen and oxygen atoms in total. The Hall–Kier alpha value is -0.0800. The summed E-state index contributed by atoms with van der Waals surface area (Å²) >= 11 is 0. The molecule has 0 aromatic heterocycles. The first-order chi connectivity index (χ1) is 5.43. The van der Waals surface area contributed by atoms with E-state index < -0.39 is 0 Å². The molecule has 0 radical (unpaired) electrons. The van der Waals surface area contributed by atoms with Gasteiger partial charge in [0.1, 0.15) is 0 Å². The Morgan fingerprint density at radius 2 is 1.83 bits per heavy atom. The van der Waals surface area contributed by atoms with Crippen LogP contribution in [0.3, 0.4) is 0 Å². The maximum Gasteiger partial charge on any atom is 0.0138 e. The van der Waals surface area contributed by atoms with Crippen LogP contribution in [-0.4, -0.2) is 11.6 Å². The van der Waals surface area contributed by atoms with Crippen LogP contribution in [0.25, 0.3) is 0 Å². The zero-order valence-corrected chi connectivity index (χ0v) is 8.93. The highest BCUT2D eigenvalue weighted by atomic mass is 14.8. The standard InChI is InChI=1S/C10H24N2/c1-5-8(3)9(11)7-10(4,12)6-2/h8-9H,5-7,11-12H2,1-4H3. The normalized spacial score (nSPS) is 21.5. The Morgan fingerprint density at radius 1 is 1.33 bits per heavy atom. The zero-order valence-electron chi connectivity index (χ0n) is 8.93. The van der Waals surface area contributed by atoms with Crippen molar-refractivity contribution in [3.05, 3.63) is 0 Å². The van der Waals surface area contributed by atoms with Crippen LogP contribution >= 0.6 is 0 Å². The molecule has 0 aliphatic rings. The van der Waals surface area contributed by atoms with Gasteiger partial charge in [-0.05, 0) is 25.7 Å². The maximum atomic E-state index is 6.03. The summed E-state index contributed by atoms with van der Waals surface area (Å²) in [5.74, 6) is 0.583. The highest BCUT2D eigenvalue weighted by Gasteiger charge is 2.22. The average Bonchev–Trinajstić information content (AvgIpc) is 2.02. The third kappa shape index (κ3) is 4.07. The number of nitrogens with two attached hydrogens (primary N) is 2. The molecule has 74 valence electrons. The third-order valence-electron chi connectivity index (χ3n) is 2.88. The summed E-state index contributed by atoms with van der Waals surface area (Å²) in [5, 5.41) is 0. The molecule has 0 saturated carbocycles. The fraction of sp³-hybridized carbons (Fsp3) is 1.00. The molecule has 0 amide bonds. The fourth-order valence-electron chi connectivity index (χ4n) is 1.19. The lowest BCUT2D eigenvalue weighted by atomic mass is 9.86. The van der Waals surface area contributed by atoms with Gasteiger partial charge in [-0.1, -0.05) is 27.2 Å². The number of hydrogen-bond acceptors (Lipinski definition) is 2. The first-order valence-electron chi connectivity index (χ1n) is 4.97. The summed E-state index contributed by atoms with van der Waals surface area (Å²) in [7, 11) is 0. The van der Waals surface area contributed by atoms with Gasteiger partial charge in [0.15, 0.2) is 0 Å². The summed E-state index contributed by atoms with van der Waals surface area (Å²) in [4.78, 5) is 0. The fourth-order valence-corrected chi connectivity index (χ4v) is 1.19. The van der Waals surface area contributed by atoms with Crippen molar-refractivity contribution in [1.29, 1.82) is 0 Å². The highest BCUT2D eigenvalue weighted by molar-refractivity contribution is 4.83. The van der Waals surface area contributed by atoms with Gasteiger partial charge in [0.25, 0.3) is 0 Å². The predicted octanol–water partition coefficient (Wildman–Crippen LogP) is 1.88. The van der Waals surface area contributed by atoms with Crippen molar-refractivity contribution in [2.75, 3.05) is 0 Å². The largest absolute Gasteiger partial charge is 0.327 e. The molecule has 0 aliphatic heterocycles. The van der Waals surface area contributed by atoms with Gasteiger partial charge in [0.05, 0.1) is 0 Å². The second-order valence-corrected chi connectivity index (χ2v) is 4.26. The van der Waals surface area contributed by atoms with E-state index in [4.69, 9.17) is 11.5 Å². The Kier molecular flexibility index (Phi) is 4.80. The molecule has 0 heterocycles. The van der Waals surface area contributed by atoms with Crippen LogP contribution in [0.1, 0.15) is 47.0 Å². The number of hydrogen-bond donors (Lipinski definition) is 2. The lowest BCUT2D eigenvalue weighted by Crippen LogP contribution is -2.43. The van der Waals surface area contributed by atoms with Crippen LogP contribution in [0, 0.1) is 5.92 Å². The third-order valence-corrected chi connectivity index (χ3v) is 2.88. The SMILES string of the molecule is CCC(C)C(N)CC(C)(N)CC. The van der Waals surface area contributed by atoms with E-state index in [1.807, 2.05) is 0 Å². The Labute approximate surface area is 76.7 Å². The molecule has 4 N–H and O–H groups in total. The summed E-state index contributed by atoms with van der Waals surface area (Å²) in [6, 6.07) is 0.255. The zero-order chi connectivity index (χ0) is 9.78. The summed E-state index contributed by atoms with van der Waals surface area (Å²) in [5.41, 5.74) is 12.0. The highest BCUT2D eigenvalue weighted by Crippen LogP contribution is 2.17. The van der Waals surface area contributed by atoms with Crippen molar-refractivity contribution in [3.8, 4) is 0 Å². The van der Waals surface area contributed by atoms with E-state index in [1.165, 1.54) is 0 Å². The summed E-state index contributed by atoms with van der Waals surface area (Å²) in [6.07, 6.45) is 3.07. The van der Waals surface area contributed by atoms with E-state index >= 15 is 0 Å². The molecule has 2 heteroatoms. The Balaban J connectivity index is 3.90. The van der Waals surface area contributed by atoms with Gasteiger partial charge in [-0.25, -0.2) is 0 Å². The molecule has 0 rings (SSSR count). The molecule has 0 aromatic carbocycles. The monoisotopic (exact) mass is 172 g/mol. The van der Waals surface area contributed by atoms with Crippen LogP contribution in [0.15, 0.2) is 0 Å².